The van der Waals surface area contributed by atoms with Gasteiger partial charge in [0.2, 0.25) is 0 Å². The second kappa shape index (κ2) is 11.0. The van der Waals surface area contributed by atoms with E-state index in [0.29, 0.717) is 0 Å². The molecule has 0 saturated carbocycles. The molecule has 0 aliphatic heterocycles. The van der Waals surface area contributed by atoms with Crippen molar-refractivity contribution in [2.75, 3.05) is 0 Å². The molecule has 0 saturated heterocycles. The van der Waals surface area contributed by atoms with Gasteiger partial charge in [-0.3, -0.25) is 0 Å². The second-order valence-electron chi connectivity index (χ2n) is 14.8. The summed E-state index contributed by atoms with van der Waals surface area (Å²) in [4.78, 5) is 0. The Labute approximate surface area is 307 Å². The Kier molecular flexibility index (Phi) is 6.27. The predicted molar refractivity (Wildman–Crippen MR) is 226 cm³/mol. The molecule has 0 N–H and O–H groups in total. The summed E-state index contributed by atoms with van der Waals surface area (Å²) in [7, 11) is 0. The van der Waals surface area contributed by atoms with Crippen LogP contribution in [0.3, 0.4) is 0 Å². The fourth-order valence-electron chi connectivity index (χ4n) is 9.15. The molecule has 1 heteroatoms. The van der Waals surface area contributed by atoms with Crippen LogP contribution >= 0.6 is 11.3 Å². The Balaban J connectivity index is 1.15. The molecule has 1 aliphatic rings. The van der Waals surface area contributed by atoms with Gasteiger partial charge in [-0.05, 0) is 107 Å². The van der Waals surface area contributed by atoms with E-state index in [2.05, 4.69) is 184 Å². The van der Waals surface area contributed by atoms with E-state index in [4.69, 9.17) is 0 Å². The molecule has 244 valence electrons. The quantitative estimate of drug-likeness (QED) is 0.163. The Morgan fingerprint density at radius 2 is 0.923 bits per heavy atom. The average molecular weight is 679 g/mol. The fraction of sp³-hybridized carbons (Fsp3) is 0.0588. The highest BCUT2D eigenvalue weighted by Crippen LogP contribution is 2.55. The molecule has 10 aromatic rings. The molecule has 1 aliphatic carbocycles. The van der Waals surface area contributed by atoms with Crippen molar-refractivity contribution in [3.8, 4) is 44.5 Å². The first-order valence-electron chi connectivity index (χ1n) is 18.2. The molecule has 1 aromatic heterocycles. The van der Waals surface area contributed by atoms with Crippen LogP contribution in [-0.4, -0.2) is 0 Å². The van der Waals surface area contributed by atoms with E-state index in [0.717, 1.165) is 0 Å². The lowest BCUT2D eigenvalue weighted by molar-refractivity contribution is 0.661. The van der Waals surface area contributed by atoms with Gasteiger partial charge >= 0.3 is 0 Å². The third-order valence-corrected chi connectivity index (χ3v) is 12.8. The maximum absolute atomic E-state index is 2.50. The number of thiophene rings is 1. The molecule has 0 fully saturated rings. The smallest absolute Gasteiger partial charge is 0.0437 e. The minimum Gasteiger partial charge on any atom is -0.135 e. The third-order valence-electron chi connectivity index (χ3n) is 11.6. The highest BCUT2D eigenvalue weighted by atomic mass is 32.1. The predicted octanol–water partition coefficient (Wildman–Crippen LogP) is 14.8. The summed E-state index contributed by atoms with van der Waals surface area (Å²) in [6.45, 7) is 4.78. The van der Waals surface area contributed by atoms with Crippen LogP contribution in [0.4, 0.5) is 0 Å². The largest absolute Gasteiger partial charge is 0.135 e. The Morgan fingerprint density at radius 1 is 0.365 bits per heavy atom. The molecular formula is C51H34S. The minimum absolute atomic E-state index is 0.0718. The first-order valence-corrected chi connectivity index (χ1v) is 19.0. The molecule has 9 aromatic carbocycles. The summed E-state index contributed by atoms with van der Waals surface area (Å²) in [5.41, 5.74) is 13.1. The number of hydrogen-bond donors (Lipinski definition) is 0. The van der Waals surface area contributed by atoms with Gasteiger partial charge in [0.15, 0.2) is 0 Å². The van der Waals surface area contributed by atoms with Crippen LogP contribution in [-0.2, 0) is 5.41 Å². The van der Waals surface area contributed by atoms with Gasteiger partial charge in [0, 0.05) is 31.2 Å². The van der Waals surface area contributed by atoms with Crippen LogP contribution in [0.2, 0.25) is 0 Å². The van der Waals surface area contributed by atoms with Crippen LogP contribution in [0.15, 0.2) is 170 Å². The minimum atomic E-state index is -0.0718. The van der Waals surface area contributed by atoms with Gasteiger partial charge in [0.05, 0.1) is 0 Å². The molecule has 0 unspecified atom stereocenters. The van der Waals surface area contributed by atoms with E-state index in [1.807, 2.05) is 11.3 Å². The molecule has 1 heterocycles. The SMILES string of the molecule is CC1(C)c2ccc(-c3c4ccccc4c(-c4cccc(-c5ccc6ccccc6c5)c4)c4ccccc34)cc2-c2c1ccc1c2sc2ccccc21. The maximum Gasteiger partial charge on any atom is 0.0437 e. The third kappa shape index (κ3) is 4.21. The van der Waals surface area contributed by atoms with Gasteiger partial charge in [-0.15, -0.1) is 11.3 Å². The Hall–Kier alpha value is -6.02. The molecular weight excluding hydrogens is 645 g/mol. The molecule has 11 rings (SSSR count). The number of hydrogen-bond acceptors (Lipinski definition) is 1. The van der Waals surface area contributed by atoms with E-state index in [1.54, 1.807) is 0 Å². The Morgan fingerprint density at radius 3 is 1.65 bits per heavy atom. The summed E-state index contributed by atoms with van der Waals surface area (Å²) >= 11 is 1.94. The number of rotatable bonds is 3. The van der Waals surface area contributed by atoms with Gasteiger partial charge in [-0.25, -0.2) is 0 Å². The molecule has 0 bridgehead atoms. The molecule has 0 nitrogen and oxygen atoms in total. The van der Waals surface area contributed by atoms with Crippen molar-refractivity contribution in [2.24, 2.45) is 0 Å². The van der Waals surface area contributed by atoms with Crippen molar-refractivity contribution in [3.05, 3.63) is 181 Å². The van der Waals surface area contributed by atoms with E-state index in [-0.39, 0.29) is 5.41 Å². The zero-order valence-corrected chi connectivity index (χ0v) is 29.9. The van der Waals surface area contributed by atoms with Gasteiger partial charge < -0.3 is 0 Å². The average Bonchev–Trinajstić information content (AvgIpc) is 3.68. The van der Waals surface area contributed by atoms with Crippen molar-refractivity contribution >= 4 is 63.8 Å². The standard InChI is InChI=1S/C51H34S/c1-51(2)44-26-24-36(30-43(44)49-45(51)27-25-42-37-16-9-10-21-46(37)52-50(42)49)48-40-19-7-5-17-38(40)47(39-18-6-8-20-41(39)48)35-15-11-14-33(29-35)34-23-22-31-12-3-4-13-32(31)28-34/h3-30H,1-2H3. The lowest BCUT2D eigenvalue weighted by Gasteiger charge is -2.22. The van der Waals surface area contributed by atoms with Crippen LogP contribution in [0, 0.1) is 0 Å². The number of benzene rings is 9. The van der Waals surface area contributed by atoms with Crippen molar-refractivity contribution in [1.82, 2.24) is 0 Å². The zero-order valence-electron chi connectivity index (χ0n) is 29.1. The topological polar surface area (TPSA) is 0 Å². The maximum atomic E-state index is 2.50. The van der Waals surface area contributed by atoms with Crippen LogP contribution in [0.25, 0.3) is 97.0 Å². The van der Waals surface area contributed by atoms with Gasteiger partial charge in [-0.1, -0.05) is 159 Å². The Bertz CT molecular complexity index is 3040. The monoisotopic (exact) mass is 678 g/mol. The van der Waals surface area contributed by atoms with Gasteiger partial charge in [0.25, 0.3) is 0 Å². The van der Waals surface area contributed by atoms with Crippen LogP contribution in [0.5, 0.6) is 0 Å². The van der Waals surface area contributed by atoms with Crippen LogP contribution in [0.1, 0.15) is 25.0 Å². The van der Waals surface area contributed by atoms with E-state index < -0.39 is 0 Å². The van der Waals surface area contributed by atoms with Gasteiger partial charge in [-0.2, -0.15) is 0 Å². The normalized spacial score (nSPS) is 13.3. The van der Waals surface area contributed by atoms with E-state index >= 15 is 0 Å². The highest BCUT2D eigenvalue weighted by molar-refractivity contribution is 7.26. The molecule has 0 spiro atoms. The second-order valence-corrected chi connectivity index (χ2v) is 15.9. The van der Waals surface area contributed by atoms with Crippen molar-refractivity contribution in [1.29, 1.82) is 0 Å². The van der Waals surface area contributed by atoms with Crippen molar-refractivity contribution < 1.29 is 0 Å². The lowest BCUT2D eigenvalue weighted by Crippen LogP contribution is -2.14. The van der Waals surface area contributed by atoms with Crippen molar-refractivity contribution in [2.45, 2.75) is 19.3 Å². The highest BCUT2D eigenvalue weighted by Gasteiger charge is 2.37. The summed E-state index contributed by atoms with van der Waals surface area (Å²) < 4.78 is 2.75. The molecule has 0 amide bonds. The molecule has 52 heavy (non-hydrogen) atoms. The van der Waals surface area contributed by atoms with Crippen molar-refractivity contribution in [3.63, 3.8) is 0 Å². The number of fused-ring (bicyclic) bond motifs is 10. The fourth-order valence-corrected chi connectivity index (χ4v) is 10.4. The van der Waals surface area contributed by atoms with Crippen LogP contribution < -0.4 is 0 Å². The first-order chi connectivity index (χ1) is 25.5. The van der Waals surface area contributed by atoms with Gasteiger partial charge in [0.1, 0.15) is 0 Å². The van der Waals surface area contributed by atoms with E-state index in [9.17, 15) is 0 Å². The van der Waals surface area contributed by atoms with E-state index in [1.165, 1.54) is 108 Å². The summed E-state index contributed by atoms with van der Waals surface area (Å²) in [6, 6.07) is 63.5. The molecule has 0 atom stereocenters. The first kappa shape index (κ1) is 29.7. The summed E-state index contributed by atoms with van der Waals surface area (Å²) in [6.07, 6.45) is 0. The summed E-state index contributed by atoms with van der Waals surface area (Å²) in [5.74, 6) is 0. The summed E-state index contributed by atoms with van der Waals surface area (Å²) in [5, 5.41) is 10.4. The molecule has 0 radical (unpaired) electrons. The zero-order chi connectivity index (χ0) is 34.6. The lowest BCUT2D eigenvalue weighted by atomic mass is 9.81.